The van der Waals surface area contributed by atoms with E-state index < -0.39 is 27.0 Å². The molecule has 162 valence electrons. The molecule has 1 aliphatic carbocycles. The molecule has 0 spiro atoms. The van der Waals surface area contributed by atoms with Gasteiger partial charge in [0.05, 0.1) is 38.5 Å². The number of rotatable bonds is 6. The van der Waals surface area contributed by atoms with Crippen LogP contribution < -0.4 is 4.74 Å². The first-order valence-electron chi connectivity index (χ1n) is 9.68. The Morgan fingerprint density at radius 1 is 1.13 bits per heavy atom. The highest BCUT2D eigenvalue weighted by Gasteiger charge is 2.55. The van der Waals surface area contributed by atoms with Gasteiger partial charge >= 0.3 is 5.97 Å². The number of para-hydroxylation sites is 1. The standard InChI is InChI=1S/C21H19NO7S2/c23-19(24)21(9-16-17(10-21)28-12-27-16)11-31(25,26)14-7-5-13(6-8-14)29-20-22-15-3-1-2-4-18(15)30-20/h1-8,16-17H,9-12H2,(H,23,24). The van der Waals surface area contributed by atoms with Crippen molar-refractivity contribution in [2.75, 3.05) is 12.5 Å². The maximum absolute atomic E-state index is 13.0. The van der Waals surface area contributed by atoms with Gasteiger partial charge in [-0.15, -0.1) is 0 Å². The van der Waals surface area contributed by atoms with Crippen molar-refractivity contribution in [1.82, 2.24) is 4.98 Å². The number of aliphatic carboxylic acids is 1. The molecule has 2 heterocycles. The fourth-order valence-corrected chi connectivity index (χ4v) is 6.81. The first kappa shape index (κ1) is 20.4. The number of fused-ring (bicyclic) bond motifs is 2. The second-order valence-corrected chi connectivity index (χ2v) is 10.8. The minimum atomic E-state index is -3.85. The highest BCUT2D eigenvalue weighted by molar-refractivity contribution is 7.91. The first-order valence-corrected chi connectivity index (χ1v) is 12.1. The van der Waals surface area contributed by atoms with Gasteiger partial charge in [0.1, 0.15) is 12.5 Å². The van der Waals surface area contributed by atoms with Gasteiger partial charge in [0.25, 0.3) is 5.19 Å². The molecule has 2 aromatic carbocycles. The third-order valence-corrected chi connectivity index (χ3v) is 8.58. The third-order valence-electron chi connectivity index (χ3n) is 5.75. The number of thiazole rings is 1. The van der Waals surface area contributed by atoms with E-state index in [9.17, 15) is 18.3 Å². The summed E-state index contributed by atoms with van der Waals surface area (Å²) in [5.74, 6) is -1.20. The largest absolute Gasteiger partial charge is 0.481 e. The van der Waals surface area contributed by atoms with Crippen molar-refractivity contribution in [3.05, 3.63) is 48.5 Å². The molecular weight excluding hydrogens is 442 g/mol. The van der Waals surface area contributed by atoms with Gasteiger partial charge < -0.3 is 19.3 Å². The number of carboxylic acid groups (broad SMARTS) is 1. The number of carboxylic acids is 1. The van der Waals surface area contributed by atoms with E-state index in [2.05, 4.69) is 4.98 Å². The summed E-state index contributed by atoms with van der Waals surface area (Å²) in [7, 11) is -3.85. The lowest BCUT2D eigenvalue weighted by Crippen LogP contribution is -2.37. The molecule has 2 unspecified atom stereocenters. The van der Waals surface area contributed by atoms with Crippen LogP contribution in [0.5, 0.6) is 10.9 Å². The molecule has 8 nitrogen and oxygen atoms in total. The normalized spacial score (nSPS) is 25.5. The van der Waals surface area contributed by atoms with Crippen LogP contribution in [0, 0.1) is 5.41 Å². The van der Waals surface area contributed by atoms with E-state index in [1.54, 1.807) is 12.1 Å². The van der Waals surface area contributed by atoms with Crippen molar-refractivity contribution in [1.29, 1.82) is 0 Å². The van der Waals surface area contributed by atoms with E-state index in [0.29, 0.717) is 10.9 Å². The van der Waals surface area contributed by atoms with Crippen molar-refractivity contribution in [3.63, 3.8) is 0 Å². The average Bonchev–Trinajstić information content (AvgIpc) is 3.41. The van der Waals surface area contributed by atoms with E-state index in [1.165, 1.54) is 23.5 Å². The summed E-state index contributed by atoms with van der Waals surface area (Å²) in [5.41, 5.74) is -0.597. The van der Waals surface area contributed by atoms with Gasteiger partial charge in [-0.3, -0.25) is 4.79 Å². The van der Waals surface area contributed by atoms with Crippen LogP contribution in [-0.4, -0.2) is 49.2 Å². The number of aromatic nitrogens is 1. The zero-order valence-electron chi connectivity index (χ0n) is 16.3. The SMILES string of the molecule is O=C(O)C1(CS(=O)(=O)c2ccc(Oc3nc4ccccc4s3)cc2)CC2OCOC2C1. The monoisotopic (exact) mass is 461 g/mol. The Hall–Kier alpha value is -2.53. The molecule has 1 aromatic heterocycles. The Balaban J connectivity index is 1.34. The van der Waals surface area contributed by atoms with Crippen molar-refractivity contribution in [2.24, 2.45) is 5.41 Å². The van der Waals surface area contributed by atoms with E-state index >= 15 is 0 Å². The van der Waals surface area contributed by atoms with Gasteiger partial charge in [-0.25, -0.2) is 13.4 Å². The van der Waals surface area contributed by atoms with Crippen LogP contribution in [0.4, 0.5) is 0 Å². The summed E-state index contributed by atoms with van der Waals surface area (Å²) in [6, 6.07) is 13.6. The second kappa shape index (κ2) is 7.56. The highest BCUT2D eigenvalue weighted by atomic mass is 32.2. The predicted molar refractivity (Wildman–Crippen MR) is 112 cm³/mol. The Kier molecular flexibility index (Phi) is 4.97. The lowest BCUT2D eigenvalue weighted by molar-refractivity contribution is -0.149. The van der Waals surface area contributed by atoms with Crippen LogP contribution in [0.2, 0.25) is 0 Å². The molecule has 3 aromatic rings. The number of hydrogen-bond donors (Lipinski definition) is 1. The second-order valence-electron chi connectivity index (χ2n) is 7.80. The van der Waals surface area contributed by atoms with Gasteiger partial charge in [-0.1, -0.05) is 23.5 Å². The average molecular weight is 462 g/mol. The van der Waals surface area contributed by atoms with E-state index in [1.807, 2.05) is 24.3 Å². The van der Waals surface area contributed by atoms with Crippen molar-refractivity contribution in [2.45, 2.75) is 29.9 Å². The van der Waals surface area contributed by atoms with E-state index in [4.69, 9.17) is 14.2 Å². The molecule has 31 heavy (non-hydrogen) atoms. The van der Waals surface area contributed by atoms with Gasteiger partial charge in [0.2, 0.25) is 0 Å². The minimum absolute atomic E-state index is 0.0451. The van der Waals surface area contributed by atoms with Crippen molar-refractivity contribution >= 4 is 37.4 Å². The molecule has 0 bridgehead atoms. The van der Waals surface area contributed by atoms with Crippen LogP contribution in [0.15, 0.2) is 53.4 Å². The molecule has 2 fully saturated rings. The van der Waals surface area contributed by atoms with Gasteiger partial charge in [-0.2, -0.15) is 0 Å². The molecule has 0 radical (unpaired) electrons. The molecule has 2 aliphatic rings. The third kappa shape index (κ3) is 3.80. The van der Waals surface area contributed by atoms with Crippen LogP contribution in [-0.2, 0) is 24.1 Å². The van der Waals surface area contributed by atoms with Crippen LogP contribution in [0.1, 0.15) is 12.8 Å². The van der Waals surface area contributed by atoms with Crippen LogP contribution in [0.3, 0.4) is 0 Å². The Labute approximate surface area is 182 Å². The molecule has 2 atom stereocenters. The van der Waals surface area contributed by atoms with Crippen LogP contribution in [0.25, 0.3) is 10.2 Å². The molecule has 1 N–H and O–H groups in total. The molecular formula is C21H19NO7S2. The molecule has 1 aliphatic heterocycles. The quantitative estimate of drug-likeness (QED) is 0.594. The lowest BCUT2D eigenvalue weighted by Gasteiger charge is -2.24. The van der Waals surface area contributed by atoms with Crippen molar-refractivity contribution < 1.29 is 32.5 Å². The molecule has 0 amide bonds. The lowest BCUT2D eigenvalue weighted by atomic mass is 9.88. The maximum atomic E-state index is 13.0. The fourth-order valence-electron chi connectivity index (χ4n) is 4.17. The van der Waals surface area contributed by atoms with Gasteiger partial charge in [-0.05, 0) is 49.2 Å². The highest BCUT2D eigenvalue weighted by Crippen LogP contribution is 2.45. The Morgan fingerprint density at radius 2 is 1.81 bits per heavy atom. The number of ether oxygens (including phenoxy) is 3. The topological polar surface area (TPSA) is 112 Å². The summed E-state index contributed by atoms with van der Waals surface area (Å²) in [5, 5.41) is 10.3. The summed E-state index contributed by atoms with van der Waals surface area (Å²) in [6.07, 6.45) is -0.525. The zero-order valence-corrected chi connectivity index (χ0v) is 17.9. The number of sulfone groups is 1. The first-order chi connectivity index (χ1) is 14.8. The Bertz CT molecular complexity index is 1190. The van der Waals surface area contributed by atoms with Crippen LogP contribution >= 0.6 is 11.3 Å². The van der Waals surface area contributed by atoms with Crippen molar-refractivity contribution in [3.8, 4) is 10.9 Å². The fraction of sp³-hybridized carbons (Fsp3) is 0.333. The molecule has 1 saturated heterocycles. The number of nitrogens with zero attached hydrogens (tertiary/aromatic N) is 1. The number of hydrogen-bond acceptors (Lipinski definition) is 8. The van der Waals surface area contributed by atoms with E-state index in [-0.39, 0.29) is 36.7 Å². The Morgan fingerprint density at radius 3 is 2.45 bits per heavy atom. The molecule has 5 rings (SSSR count). The summed E-state index contributed by atoms with van der Waals surface area (Å²) < 4.78 is 43.6. The molecule has 1 saturated carbocycles. The zero-order chi connectivity index (χ0) is 21.6. The number of carbonyl (C=O) groups is 1. The van der Waals surface area contributed by atoms with Gasteiger partial charge in [0, 0.05) is 0 Å². The summed E-state index contributed by atoms with van der Waals surface area (Å²) in [6.45, 7) is 0.119. The summed E-state index contributed by atoms with van der Waals surface area (Å²) in [4.78, 5) is 16.4. The minimum Gasteiger partial charge on any atom is -0.481 e. The number of benzene rings is 2. The maximum Gasteiger partial charge on any atom is 0.310 e. The van der Waals surface area contributed by atoms with Gasteiger partial charge in [0.15, 0.2) is 9.84 Å². The predicted octanol–water partition coefficient (Wildman–Crippen LogP) is 3.47. The van der Waals surface area contributed by atoms with E-state index in [0.717, 1.165) is 10.2 Å². The molecule has 10 heteroatoms. The smallest absolute Gasteiger partial charge is 0.310 e. The summed E-state index contributed by atoms with van der Waals surface area (Å²) >= 11 is 1.39.